The van der Waals surface area contributed by atoms with Gasteiger partial charge in [-0.15, -0.1) is 0 Å². The van der Waals surface area contributed by atoms with Gasteiger partial charge in [0.25, 0.3) is 0 Å². The number of aliphatic hydroxyl groups is 3. The van der Waals surface area contributed by atoms with E-state index in [4.69, 9.17) is 9.47 Å². The normalized spacial score (nSPS) is 57.3. The fraction of sp³-hybridized carbons (Fsp3) is 1.00. The van der Waals surface area contributed by atoms with Crippen molar-refractivity contribution in [3.8, 4) is 0 Å². The van der Waals surface area contributed by atoms with E-state index in [0.717, 1.165) is 17.8 Å². The maximum Gasteiger partial charge on any atom is 0.186 e. The van der Waals surface area contributed by atoms with Crippen LogP contribution in [0, 0.1) is 23.2 Å². The zero-order valence-electron chi connectivity index (χ0n) is 13.2. The van der Waals surface area contributed by atoms with Crippen LogP contribution >= 0.6 is 0 Å². The third-order valence-electron chi connectivity index (χ3n) is 6.53. The van der Waals surface area contributed by atoms with E-state index >= 15 is 0 Å². The highest BCUT2D eigenvalue weighted by Crippen LogP contribution is 2.60. The molecular formula is C17H28O5. The maximum absolute atomic E-state index is 10.1. The summed E-state index contributed by atoms with van der Waals surface area (Å²) < 4.78 is 11.5. The first-order valence-electron chi connectivity index (χ1n) is 8.77. The molecule has 0 amide bonds. The molecule has 3 N–H and O–H groups in total. The van der Waals surface area contributed by atoms with Gasteiger partial charge >= 0.3 is 0 Å². The van der Waals surface area contributed by atoms with Crippen LogP contribution in [0.25, 0.3) is 0 Å². The van der Waals surface area contributed by atoms with Crippen molar-refractivity contribution in [1.82, 2.24) is 0 Å². The number of rotatable bonds is 3. The van der Waals surface area contributed by atoms with Crippen LogP contribution in [0.5, 0.6) is 0 Å². The van der Waals surface area contributed by atoms with E-state index < -0.39 is 30.7 Å². The highest BCUT2D eigenvalue weighted by atomic mass is 16.7. The Bertz CT molecular complexity index is 390. The van der Waals surface area contributed by atoms with Gasteiger partial charge in [-0.3, -0.25) is 0 Å². The van der Waals surface area contributed by atoms with Gasteiger partial charge in [0.2, 0.25) is 0 Å². The van der Waals surface area contributed by atoms with Gasteiger partial charge in [0.05, 0.1) is 12.7 Å². The highest BCUT2D eigenvalue weighted by molar-refractivity contribution is 5.01. The Labute approximate surface area is 131 Å². The van der Waals surface area contributed by atoms with Gasteiger partial charge in [0.1, 0.15) is 18.3 Å². The fourth-order valence-corrected chi connectivity index (χ4v) is 5.88. The summed E-state index contributed by atoms with van der Waals surface area (Å²) in [6.45, 7) is 2.30. The van der Waals surface area contributed by atoms with E-state index in [1.165, 1.54) is 38.5 Å². The van der Waals surface area contributed by atoms with Gasteiger partial charge in [-0.05, 0) is 68.6 Å². The molecule has 0 radical (unpaired) electrons. The van der Waals surface area contributed by atoms with Crippen molar-refractivity contribution in [3.63, 3.8) is 0 Å². The lowest BCUT2D eigenvalue weighted by atomic mass is 9.50. The number of hydrogen-bond acceptors (Lipinski definition) is 5. The van der Waals surface area contributed by atoms with Crippen LogP contribution in [0.1, 0.15) is 45.4 Å². The van der Waals surface area contributed by atoms with Crippen LogP contribution in [0.2, 0.25) is 0 Å². The number of hydrogen-bond donors (Lipinski definition) is 3. The van der Waals surface area contributed by atoms with Crippen LogP contribution in [0.15, 0.2) is 0 Å². The first-order chi connectivity index (χ1) is 10.5. The molecule has 0 aromatic rings. The molecule has 22 heavy (non-hydrogen) atoms. The standard InChI is InChI=1S/C17H28O5/c1-9-13(18)14(19)15(20)16(22-9)21-8-17-5-10-2-11(6-17)4-12(3-10)7-17/h9-16,18-20H,2-8H2,1H3/t9-,10?,11?,12?,13+,14+,15-,16+,17?/m0/s1. The maximum atomic E-state index is 10.1. The summed E-state index contributed by atoms with van der Waals surface area (Å²) in [5.74, 6) is 2.58. The Morgan fingerprint density at radius 2 is 1.45 bits per heavy atom. The summed E-state index contributed by atoms with van der Waals surface area (Å²) in [6, 6.07) is 0. The zero-order valence-corrected chi connectivity index (χ0v) is 13.2. The third-order valence-corrected chi connectivity index (χ3v) is 6.53. The molecule has 5 rings (SSSR count). The van der Waals surface area contributed by atoms with Gasteiger partial charge in [-0.1, -0.05) is 0 Å². The Morgan fingerprint density at radius 1 is 0.909 bits per heavy atom. The lowest BCUT2D eigenvalue weighted by molar-refractivity contribution is -0.302. The summed E-state index contributed by atoms with van der Waals surface area (Å²) in [5, 5.41) is 29.7. The van der Waals surface area contributed by atoms with Gasteiger partial charge in [-0.25, -0.2) is 0 Å². The highest BCUT2D eigenvalue weighted by Gasteiger charge is 2.52. The van der Waals surface area contributed by atoms with Gasteiger partial charge in [-0.2, -0.15) is 0 Å². The summed E-state index contributed by atoms with van der Waals surface area (Å²) in [5.41, 5.74) is 0.252. The largest absolute Gasteiger partial charge is 0.388 e. The average molecular weight is 312 g/mol. The molecule has 4 aliphatic carbocycles. The van der Waals surface area contributed by atoms with Gasteiger partial charge in [0.15, 0.2) is 6.29 Å². The van der Waals surface area contributed by atoms with Gasteiger partial charge < -0.3 is 24.8 Å². The Balaban J connectivity index is 1.40. The van der Waals surface area contributed by atoms with Crippen LogP contribution in [-0.4, -0.2) is 52.6 Å². The smallest absolute Gasteiger partial charge is 0.186 e. The van der Waals surface area contributed by atoms with Crippen molar-refractivity contribution in [3.05, 3.63) is 0 Å². The quantitative estimate of drug-likeness (QED) is 0.726. The predicted molar refractivity (Wildman–Crippen MR) is 78.9 cm³/mol. The molecular weight excluding hydrogens is 284 g/mol. The van der Waals surface area contributed by atoms with Crippen molar-refractivity contribution in [1.29, 1.82) is 0 Å². The fourth-order valence-electron chi connectivity index (χ4n) is 5.88. The van der Waals surface area contributed by atoms with E-state index in [1.54, 1.807) is 6.92 Å². The topological polar surface area (TPSA) is 79.2 Å². The molecule has 1 heterocycles. The average Bonchev–Trinajstić information content (AvgIpc) is 2.46. The van der Waals surface area contributed by atoms with Crippen molar-refractivity contribution in [2.45, 2.75) is 76.2 Å². The second kappa shape index (κ2) is 5.42. The molecule has 5 fully saturated rings. The minimum atomic E-state index is -1.20. The minimum absolute atomic E-state index is 0.252. The molecule has 126 valence electrons. The van der Waals surface area contributed by atoms with E-state index in [2.05, 4.69) is 0 Å². The van der Waals surface area contributed by atoms with Crippen molar-refractivity contribution in [2.75, 3.05) is 6.61 Å². The Morgan fingerprint density at radius 3 is 2.00 bits per heavy atom. The number of ether oxygens (including phenoxy) is 2. The Hall–Kier alpha value is -0.200. The van der Waals surface area contributed by atoms with Crippen molar-refractivity contribution >= 4 is 0 Å². The first kappa shape index (κ1) is 15.3. The van der Waals surface area contributed by atoms with Crippen LogP contribution in [0.3, 0.4) is 0 Å². The van der Waals surface area contributed by atoms with E-state index in [1.807, 2.05) is 0 Å². The monoisotopic (exact) mass is 312 g/mol. The van der Waals surface area contributed by atoms with E-state index in [-0.39, 0.29) is 5.41 Å². The lowest BCUT2D eigenvalue weighted by Gasteiger charge is -2.57. The molecule has 0 aromatic carbocycles. The first-order valence-corrected chi connectivity index (χ1v) is 8.77. The molecule has 5 heteroatoms. The molecule has 4 bridgehead atoms. The van der Waals surface area contributed by atoms with Crippen LogP contribution in [0.4, 0.5) is 0 Å². The molecule has 5 nitrogen and oxygen atoms in total. The van der Waals surface area contributed by atoms with E-state index in [0.29, 0.717) is 6.61 Å². The summed E-state index contributed by atoms with van der Waals surface area (Å²) in [7, 11) is 0. The number of aliphatic hydroxyl groups excluding tert-OH is 3. The summed E-state index contributed by atoms with van der Waals surface area (Å²) in [6.07, 6.45) is 3.09. The van der Waals surface area contributed by atoms with Crippen molar-refractivity contribution < 1.29 is 24.8 Å². The third kappa shape index (κ3) is 2.51. The molecule has 5 atom stereocenters. The van der Waals surface area contributed by atoms with Crippen molar-refractivity contribution in [2.24, 2.45) is 23.2 Å². The molecule has 1 saturated heterocycles. The molecule has 0 unspecified atom stereocenters. The lowest BCUT2D eigenvalue weighted by Crippen LogP contribution is -2.58. The summed E-state index contributed by atoms with van der Waals surface area (Å²) in [4.78, 5) is 0. The molecule has 4 saturated carbocycles. The van der Waals surface area contributed by atoms with Gasteiger partial charge in [0, 0.05) is 0 Å². The molecule has 5 aliphatic rings. The van der Waals surface area contributed by atoms with Crippen LogP contribution < -0.4 is 0 Å². The second-order valence-electron chi connectivity index (χ2n) is 8.41. The molecule has 1 aliphatic heterocycles. The SMILES string of the molecule is C[C@@H]1O[C@@H](OCC23CC4CC(CC(C4)C2)C3)[C@@H](O)[C@H](O)[C@@H]1O. The molecule has 0 spiro atoms. The van der Waals surface area contributed by atoms with Crippen LogP contribution in [-0.2, 0) is 9.47 Å². The second-order valence-corrected chi connectivity index (χ2v) is 8.41. The molecule has 0 aromatic heterocycles. The summed E-state index contributed by atoms with van der Waals surface area (Å²) >= 11 is 0. The zero-order chi connectivity index (χ0) is 15.5. The predicted octanol–water partition coefficient (Wildman–Crippen LogP) is 1.05. The minimum Gasteiger partial charge on any atom is -0.388 e. The van der Waals surface area contributed by atoms with E-state index in [9.17, 15) is 15.3 Å². The Kier molecular flexibility index (Phi) is 3.78.